The summed E-state index contributed by atoms with van der Waals surface area (Å²) in [4.78, 5) is 12.6. The third-order valence-corrected chi connectivity index (χ3v) is 5.10. The lowest BCUT2D eigenvalue weighted by Gasteiger charge is -2.06. The normalized spacial score (nSPS) is 11.6. The molecule has 0 aliphatic rings. The van der Waals surface area contributed by atoms with E-state index in [0.29, 0.717) is 22.5 Å². The number of hydrogen-bond donors (Lipinski definition) is 2. The van der Waals surface area contributed by atoms with E-state index in [1.54, 1.807) is 44.2 Å². The molecule has 0 radical (unpaired) electrons. The van der Waals surface area contributed by atoms with Gasteiger partial charge in [0.1, 0.15) is 6.07 Å². The zero-order valence-corrected chi connectivity index (χ0v) is 15.9. The van der Waals surface area contributed by atoms with Crippen molar-refractivity contribution in [1.82, 2.24) is 9.78 Å². The smallest absolute Gasteiger partial charge is 0.279 e. The van der Waals surface area contributed by atoms with Crippen molar-refractivity contribution in [1.29, 1.82) is 5.26 Å². The molecule has 1 aromatic heterocycles. The Balaban J connectivity index is 2.07. The van der Waals surface area contributed by atoms with Gasteiger partial charge < -0.3 is 0 Å². The number of aromatic nitrogens is 2. The zero-order chi connectivity index (χ0) is 20.5. The van der Waals surface area contributed by atoms with E-state index in [-0.39, 0.29) is 16.3 Å². The van der Waals surface area contributed by atoms with Gasteiger partial charge in [-0.15, -0.1) is 10.2 Å². The molecule has 3 N–H and O–H groups in total. The van der Waals surface area contributed by atoms with Crippen molar-refractivity contribution in [2.24, 2.45) is 15.4 Å². The van der Waals surface area contributed by atoms with Crippen LogP contribution in [0.4, 0.5) is 11.4 Å². The van der Waals surface area contributed by atoms with Crippen LogP contribution in [0.2, 0.25) is 0 Å². The molecule has 0 fully saturated rings. The third kappa shape index (κ3) is 3.62. The summed E-state index contributed by atoms with van der Waals surface area (Å²) in [6.45, 7) is 3.23. The summed E-state index contributed by atoms with van der Waals surface area (Å²) in [6.07, 6.45) is 0. The maximum Gasteiger partial charge on any atom is 0.300 e. The van der Waals surface area contributed by atoms with E-state index in [9.17, 15) is 18.5 Å². The van der Waals surface area contributed by atoms with E-state index in [1.165, 1.54) is 16.8 Å². The van der Waals surface area contributed by atoms with Crippen LogP contribution in [0.5, 0.6) is 0 Å². The lowest BCUT2D eigenvalue weighted by molar-refractivity contribution is 0.597. The molecule has 0 saturated heterocycles. The van der Waals surface area contributed by atoms with Gasteiger partial charge in [0.15, 0.2) is 11.4 Å². The van der Waals surface area contributed by atoms with Crippen LogP contribution in [-0.4, -0.2) is 18.2 Å². The monoisotopic (exact) mass is 396 g/mol. The standard InChI is InChI=1S/C18H16N6O3S/c1-11-9-16(28(20,26)27)12(2)8-14(11)21-22-17-15(10-19)23-24(18(17)25)13-6-4-3-5-7-13/h3-9,23H,1-2H3,(H2,20,26,27). The number of sulfonamides is 1. The van der Waals surface area contributed by atoms with Crippen LogP contribution in [0.3, 0.4) is 0 Å². The van der Waals surface area contributed by atoms with Crippen LogP contribution in [0.25, 0.3) is 5.69 Å². The quantitative estimate of drug-likeness (QED) is 0.653. The second-order valence-corrected chi connectivity index (χ2v) is 7.60. The fourth-order valence-electron chi connectivity index (χ4n) is 2.65. The van der Waals surface area contributed by atoms with Crippen LogP contribution < -0.4 is 10.7 Å². The Hall–Kier alpha value is -3.55. The summed E-state index contributed by atoms with van der Waals surface area (Å²) in [5.41, 5.74) is 1.12. The van der Waals surface area contributed by atoms with Crippen molar-refractivity contribution in [2.45, 2.75) is 18.7 Å². The van der Waals surface area contributed by atoms with Crippen LogP contribution in [-0.2, 0) is 10.0 Å². The summed E-state index contributed by atoms with van der Waals surface area (Å²) in [5, 5.41) is 25.2. The number of H-pyrrole nitrogens is 1. The van der Waals surface area contributed by atoms with Gasteiger partial charge in [-0.25, -0.2) is 18.2 Å². The highest BCUT2D eigenvalue weighted by molar-refractivity contribution is 7.89. The number of nitrogens with zero attached hydrogens (tertiary/aromatic N) is 4. The first-order valence-corrected chi connectivity index (χ1v) is 9.63. The van der Waals surface area contributed by atoms with Crippen molar-refractivity contribution in [3.63, 3.8) is 0 Å². The van der Waals surface area contributed by atoms with Crippen molar-refractivity contribution in [2.75, 3.05) is 0 Å². The molecule has 0 aliphatic heterocycles. The molecule has 0 unspecified atom stereocenters. The first-order chi connectivity index (χ1) is 13.2. The van der Waals surface area contributed by atoms with E-state index in [4.69, 9.17) is 5.14 Å². The highest BCUT2D eigenvalue weighted by Gasteiger charge is 2.16. The van der Waals surface area contributed by atoms with E-state index >= 15 is 0 Å². The molecular formula is C18H16N6O3S. The molecule has 0 bridgehead atoms. The molecule has 28 heavy (non-hydrogen) atoms. The summed E-state index contributed by atoms with van der Waals surface area (Å²) >= 11 is 0. The van der Waals surface area contributed by atoms with Crippen LogP contribution >= 0.6 is 0 Å². The molecule has 0 aliphatic carbocycles. The van der Waals surface area contributed by atoms with Crippen molar-refractivity contribution < 1.29 is 8.42 Å². The molecular weight excluding hydrogens is 380 g/mol. The molecule has 2 aromatic carbocycles. The van der Waals surface area contributed by atoms with Gasteiger partial charge in [-0.05, 0) is 49.2 Å². The molecule has 10 heteroatoms. The van der Waals surface area contributed by atoms with E-state index < -0.39 is 15.6 Å². The summed E-state index contributed by atoms with van der Waals surface area (Å²) in [5.74, 6) is 0. The first kappa shape index (κ1) is 19.2. The number of para-hydroxylation sites is 1. The topological polar surface area (TPSA) is 146 Å². The number of aryl methyl sites for hydroxylation is 2. The fraction of sp³-hybridized carbons (Fsp3) is 0.111. The number of aromatic amines is 1. The fourth-order valence-corrected chi connectivity index (χ4v) is 3.50. The first-order valence-electron chi connectivity index (χ1n) is 8.08. The number of primary sulfonamides is 1. The maximum absolute atomic E-state index is 12.6. The van der Waals surface area contributed by atoms with Gasteiger partial charge in [-0.2, -0.15) is 5.26 Å². The highest BCUT2D eigenvalue weighted by Crippen LogP contribution is 2.27. The molecule has 9 nitrogen and oxygen atoms in total. The Morgan fingerprint density at radius 3 is 2.39 bits per heavy atom. The van der Waals surface area contributed by atoms with Gasteiger partial charge in [0, 0.05) is 0 Å². The van der Waals surface area contributed by atoms with Crippen LogP contribution in [0, 0.1) is 25.2 Å². The summed E-state index contributed by atoms with van der Waals surface area (Å²) in [6, 6.07) is 13.5. The van der Waals surface area contributed by atoms with Gasteiger partial charge in [0.05, 0.1) is 16.3 Å². The molecule has 0 saturated carbocycles. The largest absolute Gasteiger partial charge is 0.300 e. The minimum Gasteiger partial charge on any atom is -0.279 e. The van der Waals surface area contributed by atoms with Crippen LogP contribution in [0.15, 0.2) is 62.4 Å². The highest BCUT2D eigenvalue weighted by atomic mass is 32.2. The number of benzene rings is 2. The van der Waals surface area contributed by atoms with Crippen molar-refractivity contribution >= 4 is 21.4 Å². The average Bonchev–Trinajstić information content (AvgIpc) is 2.97. The van der Waals surface area contributed by atoms with Gasteiger partial charge in [0.25, 0.3) is 5.56 Å². The Kier molecular flexibility index (Phi) is 4.96. The van der Waals surface area contributed by atoms with Crippen LogP contribution in [0.1, 0.15) is 16.8 Å². The second-order valence-electron chi connectivity index (χ2n) is 6.07. The lowest BCUT2D eigenvalue weighted by Crippen LogP contribution is -2.14. The van der Waals surface area contributed by atoms with Gasteiger partial charge >= 0.3 is 0 Å². The maximum atomic E-state index is 12.6. The molecule has 142 valence electrons. The molecule has 0 spiro atoms. The van der Waals surface area contributed by atoms with Gasteiger partial charge in [-0.3, -0.25) is 9.89 Å². The SMILES string of the molecule is Cc1cc(S(N)(=O)=O)c(C)cc1N=Nc1c(C#N)[nH]n(-c2ccccc2)c1=O. The predicted molar refractivity (Wildman–Crippen MR) is 103 cm³/mol. The number of nitrogens with one attached hydrogen (secondary N) is 1. The minimum atomic E-state index is -3.86. The average molecular weight is 396 g/mol. The molecule has 3 rings (SSSR count). The Labute approximate surface area is 160 Å². The summed E-state index contributed by atoms with van der Waals surface area (Å²) in [7, 11) is -3.86. The number of rotatable bonds is 4. The zero-order valence-electron chi connectivity index (χ0n) is 15.0. The molecule has 0 atom stereocenters. The van der Waals surface area contributed by atoms with Gasteiger partial charge in [-0.1, -0.05) is 18.2 Å². The van der Waals surface area contributed by atoms with Crippen molar-refractivity contribution in [3.05, 3.63) is 69.6 Å². The Morgan fingerprint density at radius 1 is 1.11 bits per heavy atom. The van der Waals surface area contributed by atoms with Crippen molar-refractivity contribution in [3.8, 4) is 11.8 Å². The Bertz CT molecular complexity index is 1280. The summed E-state index contributed by atoms with van der Waals surface area (Å²) < 4.78 is 24.4. The number of nitriles is 1. The van der Waals surface area contributed by atoms with Gasteiger partial charge in [0.2, 0.25) is 10.0 Å². The molecule has 0 amide bonds. The molecule has 1 heterocycles. The number of hydrogen-bond acceptors (Lipinski definition) is 6. The third-order valence-electron chi connectivity index (χ3n) is 4.05. The predicted octanol–water partition coefficient (Wildman–Crippen LogP) is 2.72. The van der Waals surface area contributed by atoms with E-state index in [0.717, 1.165) is 0 Å². The van der Waals surface area contributed by atoms with E-state index in [2.05, 4.69) is 15.3 Å². The lowest BCUT2D eigenvalue weighted by atomic mass is 10.1. The minimum absolute atomic E-state index is 0.00487. The Morgan fingerprint density at radius 2 is 1.79 bits per heavy atom. The number of azo groups is 1. The number of nitrogens with two attached hydrogens (primary N) is 1. The van der Waals surface area contributed by atoms with E-state index in [1.807, 2.05) is 6.07 Å². The molecule has 3 aromatic rings. The second kappa shape index (κ2) is 7.22.